The smallest absolute Gasteiger partial charge is 0.354 e. The Balaban J connectivity index is 2.09. The molecule has 1 aliphatic rings. The quantitative estimate of drug-likeness (QED) is 0.920. The molecule has 1 fully saturated rings. The summed E-state index contributed by atoms with van der Waals surface area (Å²) >= 11 is 0. The van der Waals surface area contributed by atoms with E-state index in [4.69, 9.17) is 5.11 Å². The molecule has 2 rings (SSSR count). The predicted octanol–water partition coefficient (Wildman–Crippen LogP) is 2.43. The number of aromatic carboxylic acids is 1. The molecule has 1 aliphatic heterocycles. The second-order valence-corrected chi connectivity index (χ2v) is 5.67. The first-order valence-corrected chi connectivity index (χ1v) is 6.95. The summed E-state index contributed by atoms with van der Waals surface area (Å²) < 4.78 is 0. The van der Waals surface area contributed by atoms with Gasteiger partial charge in [-0.25, -0.2) is 9.78 Å². The largest absolute Gasteiger partial charge is 0.477 e. The van der Waals surface area contributed by atoms with Gasteiger partial charge in [0.25, 0.3) is 5.91 Å². The molecule has 1 amide bonds. The first-order chi connectivity index (χ1) is 9.45. The third-order valence-corrected chi connectivity index (χ3v) is 4.30. The molecule has 5 heteroatoms. The molecule has 1 saturated heterocycles. The lowest BCUT2D eigenvalue weighted by Crippen LogP contribution is -2.42. The SMILES string of the molecule is CCC1(C)CCN(C(=O)c2cccc(C(=O)O)n2)CC1. The zero-order valence-electron chi connectivity index (χ0n) is 11.9. The summed E-state index contributed by atoms with van der Waals surface area (Å²) in [7, 11) is 0. The van der Waals surface area contributed by atoms with Gasteiger partial charge in [-0.3, -0.25) is 4.79 Å². The Hall–Kier alpha value is -1.91. The monoisotopic (exact) mass is 276 g/mol. The molecule has 1 N–H and O–H groups in total. The zero-order valence-corrected chi connectivity index (χ0v) is 11.9. The second kappa shape index (κ2) is 5.61. The maximum atomic E-state index is 12.3. The van der Waals surface area contributed by atoms with Gasteiger partial charge in [-0.1, -0.05) is 26.3 Å². The van der Waals surface area contributed by atoms with Gasteiger partial charge in [0.05, 0.1) is 0 Å². The first kappa shape index (κ1) is 14.5. The maximum absolute atomic E-state index is 12.3. The normalized spacial score (nSPS) is 17.8. The van der Waals surface area contributed by atoms with Gasteiger partial charge in [-0.05, 0) is 30.4 Å². The van der Waals surface area contributed by atoms with E-state index in [1.54, 1.807) is 17.0 Å². The van der Waals surface area contributed by atoms with Crippen LogP contribution in [-0.2, 0) is 0 Å². The Bertz CT molecular complexity index is 520. The van der Waals surface area contributed by atoms with Crippen molar-refractivity contribution >= 4 is 11.9 Å². The van der Waals surface area contributed by atoms with Crippen molar-refractivity contribution in [3.63, 3.8) is 0 Å². The zero-order chi connectivity index (χ0) is 14.8. The van der Waals surface area contributed by atoms with Gasteiger partial charge in [0.15, 0.2) is 0 Å². The number of hydrogen-bond acceptors (Lipinski definition) is 3. The average Bonchev–Trinajstić information content (AvgIpc) is 2.47. The van der Waals surface area contributed by atoms with Crippen LogP contribution >= 0.6 is 0 Å². The van der Waals surface area contributed by atoms with Crippen LogP contribution < -0.4 is 0 Å². The second-order valence-electron chi connectivity index (χ2n) is 5.67. The highest BCUT2D eigenvalue weighted by Gasteiger charge is 2.31. The molecular formula is C15H20N2O3. The minimum Gasteiger partial charge on any atom is -0.477 e. The topological polar surface area (TPSA) is 70.5 Å². The Labute approximate surface area is 118 Å². The lowest BCUT2D eigenvalue weighted by molar-refractivity contribution is 0.0594. The van der Waals surface area contributed by atoms with Gasteiger partial charge < -0.3 is 10.0 Å². The third kappa shape index (κ3) is 2.98. The van der Waals surface area contributed by atoms with Crippen LogP contribution in [0.4, 0.5) is 0 Å². The number of rotatable bonds is 3. The fourth-order valence-electron chi connectivity index (χ4n) is 2.44. The lowest BCUT2D eigenvalue weighted by Gasteiger charge is -2.38. The number of pyridine rings is 1. The third-order valence-electron chi connectivity index (χ3n) is 4.30. The van der Waals surface area contributed by atoms with Crippen LogP contribution in [0.25, 0.3) is 0 Å². The van der Waals surface area contributed by atoms with Crippen molar-refractivity contribution in [3.05, 3.63) is 29.6 Å². The molecule has 0 bridgehead atoms. The lowest BCUT2D eigenvalue weighted by atomic mass is 9.78. The molecule has 1 aromatic rings. The number of hydrogen-bond donors (Lipinski definition) is 1. The summed E-state index contributed by atoms with van der Waals surface area (Å²) in [6, 6.07) is 4.52. The highest BCUT2D eigenvalue weighted by Crippen LogP contribution is 2.34. The number of likely N-dealkylation sites (tertiary alicyclic amines) is 1. The number of carbonyl (C=O) groups is 2. The summed E-state index contributed by atoms with van der Waals surface area (Å²) in [5.41, 5.74) is 0.434. The van der Waals surface area contributed by atoms with E-state index < -0.39 is 5.97 Å². The molecule has 0 radical (unpaired) electrons. The van der Waals surface area contributed by atoms with Gasteiger partial charge in [-0.2, -0.15) is 0 Å². The standard InChI is InChI=1S/C15H20N2O3/c1-3-15(2)7-9-17(10-8-15)13(18)11-5-4-6-12(16-11)14(19)20/h4-6H,3,7-10H2,1-2H3,(H,19,20). The number of piperidine rings is 1. The molecule has 1 aromatic heterocycles. The van der Waals surface area contributed by atoms with E-state index in [0.717, 1.165) is 19.3 Å². The number of aromatic nitrogens is 1. The number of carbonyl (C=O) groups excluding carboxylic acids is 1. The highest BCUT2D eigenvalue weighted by atomic mass is 16.4. The van der Waals surface area contributed by atoms with Crippen LogP contribution in [0.5, 0.6) is 0 Å². The van der Waals surface area contributed by atoms with E-state index in [9.17, 15) is 9.59 Å². The van der Waals surface area contributed by atoms with Gasteiger partial charge in [0, 0.05) is 13.1 Å². The Kier molecular flexibility index (Phi) is 4.06. The minimum absolute atomic E-state index is 0.0914. The van der Waals surface area contributed by atoms with E-state index in [0.29, 0.717) is 18.5 Å². The highest BCUT2D eigenvalue weighted by molar-refractivity contribution is 5.94. The van der Waals surface area contributed by atoms with Crippen LogP contribution in [-0.4, -0.2) is 40.0 Å². The van der Waals surface area contributed by atoms with Crippen LogP contribution in [0.2, 0.25) is 0 Å². The Morgan fingerprint density at radius 2 is 1.90 bits per heavy atom. The van der Waals surface area contributed by atoms with E-state index in [-0.39, 0.29) is 17.3 Å². The molecule has 0 aromatic carbocycles. The van der Waals surface area contributed by atoms with Crippen molar-refractivity contribution in [2.45, 2.75) is 33.1 Å². The van der Waals surface area contributed by atoms with Crippen molar-refractivity contribution in [1.29, 1.82) is 0 Å². The Morgan fingerprint density at radius 3 is 2.45 bits per heavy atom. The number of carboxylic acids is 1. The molecule has 0 atom stereocenters. The number of amides is 1. The van der Waals surface area contributed by atoms with E-state index in [1.165, 1.54) is 6.07 Å². The summed E-state index contributed by atoms with van der Waals surface area (Å²) in [5.74, 6) is -1.29. The average molecular weight is 276 g/mol. The number of carboxylic acid groups (broad SMARTS) is 1. The molecule has 108 valence electrons. The molecule has 0 spiro atoms. The molecule has 20 heavy (non-hydrogen) atoms. The van der Waals surface area contributed by atoms with Gasteiger partial charge in [-0.15, -0.1) is 0 Å². The molecular weight excluding hydrogens is 256 g/mol. The van der Waals surface area contributed by atoms with Gasteiger partial charge >= 0.3 is 5.97 Å². The number of nitrogens with zero attached hydrogens (tertiary/aromatic N) is 2. The summed E-state index contributed by atoms with van der Waals surface area (Å²) in [5, 5.41) is 8.91. The molecule has 0 saturated carbocycles. The van der Waals surface area contributed by atoms with Crippen LogP contribution in [0, 0.1) is 5.41 Å². The summed E-state index contributed by atoms with van der Waals surface area (Å²) in [6.07, 6.45) is 3.07. The molecule has 0 aliphatic carbocycles. The van der Waals surface area contributed by atoms with Gasteiger partial charge in [0.1, 0.15) is 11.4 Å². The van der Waals surface area contributed by atoms with E-state index in [2.05, 4.69) is 18.8 Å². The van der Waals surface area contributed by atoms with Crippen molar-refractivity contribution in [2.24, 2.45) is 5.41 Å². The van der Waals surface area contributed by atoms with E-state index in [1.807, 2.05) is 0 Å². The van der Waals surface area contributed by atoms with Crippen LogP contribution in [0.1, 0.15) is 54.1 Å². The van der Waals surface area contributed by atoms with Crippen LogP contribution in [0.15, 0.2) is 18.2 Å². The molecule has 2 heterocycles. The Morgan fingerprint density at radius 1 is 1.30 bits per heavy atom. The van der Waals surface area contributed by atoms with Crippen molar-refractivity contribution in [3.8, 4) is 0 Å². The maximum Gasteiger partial charge on any atom is 0.354 e. The summed E-state index contributed by atoms with van der Waals surface area (Å²) in [6.45, 7) is 5.85. The van der Waals surface area contributed by atoms with Crippen LogP contribution in [0.3, 0.4) is 0 Å². The van der Waals surface area contributed by atoms with E-state index >= 15 is 0 Å². The van der Waals surface area contributed by atoms with Crippen molar-refractivity contribution in [2.75, 3.05) is 13.1 Å². The molecule has 0 unspecified atom stereocenters. The van der Waals surface area contributed by atoms with Gasteiger partial charge in [0.2, 0.25) is 0 Å². The predicted molar refractivity (Wildman–Crippen MR) is 74.7 cm³/mol. The minimum atomic E-state index is -1.11. The summed E-state index contributed by atoms with van der Waals surface area (Å²) in [4.78, 5) is 28.9. The van der Waals surface area contributed by atoms with Crippen molar-refractivity contribution < 1.29 is 14.7 Å². The van der Waals surface area contributed by atoms with Crippen molar-refractivity contribution in [1.82, 2.24) is 9.88 Å². The fourth-order valence-corrected chi connectivity index (χ4v) is 2.44. The first-order valence-electron chi connectivity index (χ1n) is 6.95. The molecule has 5 nitrogen and oxygen atoms in total. The fraction of sp³-hybridized carbons (Fsp3) is 0.533.